The Morgan fingerprint density at radius 2 is 2.29 bits per heavy atom. The lowest BCUT2D eigenvalue weighted by atomic mass is 10.0. The fraction of sp³-hybridized carbons (Fsp3) is 0.600. The van der Waals surface area contributed by atoms with E-state index in [9.17, 15) is 0 Å². The average molecular weight is 261 g/mol. The van der Waals surface area contributed by atoms with E-state index in [1.165, 1.54) is 0 Å². The van der Waals surface area contributed by atoms with Crippen LogP contribution < -0.4 is 11.1 Å². The van der Waals surface area contributed by atoms with Crippen LogP contribution in [0.4, 0.5) is 0 Å². The van der Waals surface area contributed by atoms with Crippen LogP contribution in [0.15, 0.2) is 21.4 Å². The maximum Gasteiger partial charge on any atom is 0.173 e. The van der Waals surface area contributed by atoms with Crippen LogP contribution in [0.2, 0.25) is 0 Å². The van der Waals surface area contributed by atoms with Gasteiger partial charge in [-0.15, -0.1) is 0 Å². The van der Waals surface area contributed by atoms with Crippen LogP contribution in [0, 0.1) is 5.92 Å². The molecule has 1 aromatic rings. The van der Waals surface area contributed by atoms with Crippen molar-refractivity contribution in [3.8, 4) is 0 Å². The van der Waals surface area contributed by atoms with Crippen LogP contribution in [0.3, 0.4) is 0 Å². The Kier molecular flexibility index (Phi) is 4.65. The van der Waals surface area contributed by atoms with Crippen LogP contribution in [0.25, 0.3) is 0 Å². The van der Waals surface area contributed by atoms with Gasteiger partial charge in [0.05, 0.1) is 6.26 Å². The third-order valence-corrected chi connectivity index (χ3v) is 3.00. The van der Waals surface area contributed by atoms with Crippen molar-refractivity contribution < 1.29 is 4.42 Å². The van der Waals surface area contributed by atoms with Gasteiger partial charge < -0.3 is 15.5 Å². The highest BCUT2D eigenvalue weighted by molar-refractivity contribution is 9.10. The van der Waals surface area contributed by atoms with Gasteiger partial charge in [-0.3, -0.25) is 0 Å². The molecule has 0 aliphatic carbocycles. The van der Waals surface area contributed by atoms with Crippen LogP contribution in [-0.4, -0.2) is 12.6 Å². The van der Waals surface area contributed by atoms with Gasteiger partial charge in [0.25, 0.3) is 0 Å². The predicted molar refractivity (Wildman–Crippen MR) is 60.9 cm³/mol. The van der Waals surface area contributed by atoms with Crippen LogP contribution in [0.1, 0.15) is 19.4 Å². The molecule has 3 N–H and O–H groups in total. The summed E-state index contributed by atoms with van der Waals surface area (Å²) in [6.07, 6.45) is 1.67. The monoisotopic (exact) mass is 260 g/mol. The lowest BCUT2D eigenvalue weighted by molar-refractivity contribution is 0.403. The summed E-state index contributed by atoms with van der Waals surface area (Å²) in [4.78, 5) is 0. The van der Waals surface area contributed by atoms with Crippen LogP contribution in [0.5, 0.6) is 0 Å². The standard InChI is InChI=1S/C10H17BrN2O/c1-7(2)9(5-12)13-6-8-3-4-14-10(8)11/h3-4,7,9,13H,5-6,12H2,1-2H3. The lowest BCUT2D eigenvalue weighted by Gasteiger charge is -2.20. The van der Waals surface area contributed by atoms with Gasteiger partial charge in [0.1, 0.15) is 0 Å². The third kappa shape index (κ3) is 3.12. The van der Waals surface area contributed by atoms with E-state index in [1.807, 2.05) is 6.07 Å². The molecule has 14 heavy (non-hydrogen) atoms. The largest absolute Gasteiger partial charge is 0.457 e. The van der Waals surface area contributed by atoms with Crippen LogP contribution >= 0.6 is 15.9 Å². The minimum atomic E-state index is 0.358. The summed E-state index contributed by atoms with van der Waals surface area (Å²) in [6.45, 7) is 5.77. The number of furan rings is 1. The normalized spacial score (nSPS) is 13.5. The second-order valence-electron chi connectivity index (χ2n) is 3.69. The zero-order valence-corrected chi connectivity index (χ0v) is 10.2. The van der Waals surface area contributed by atoms with Crippen LogP contribution in [-0.2, 0) is 6.54 Å². The summed E-state index contributed by atoms with van der Waals surface area (Å²) in [5, 5.41) is 3.40. The molecule has 1 unspecified atom stereocenters. The first-order valence-electron chi connectivity index (χ1n) is 4.80. The summed E-state index contributed by atoms with van der Waals surface area (Å²) in [5.41, 5.74) is 6.78. The van der Waals surface area contributed by atoms with Gasteiger partial charge in [-0.2, -0.15) is 0 Å². The molecule has 1 atom stereocenters. The first kappa shape index (κ1) is 11.8. The number of rotatable bonds is 5. The molecule has 0 radical (unpaired) electrons. The molecule has 1 aromatic heterocycles. The van der Waals surface area contributed by atoms with Gasteiger partial charge in [0.15, 0.2) is 4.67 Å². The Balaban J connectivity index is 2.43. The van der Waals surface area contributed by atoms with E-state index in [2.05, 4.69) is 35.1 Å². The van der Waals surface area contributed by atoms with Gasteiger partial charge in [0, 0.05) is 24.7 Å². The number of hydrogen-bond donors (Lipinski definition) is 2. The first-order valence-corrected chi connectivity index (χ1v) is 5.59. The molecular weight excluding hydrogens is 244 g/mol. The fourth-order valence-corrected chi connectivity index (χ4v) is 1.66. The molecule has 0 aliphatic heterocycles. The Morgan fingerprint density at radius 1 is 1.57 bits per heavy atom. The van der Waals surface area contributed by atoms with Gasteiger partial charge in [-0.1, -0.05) is 13.8 Å². The van der Waals surface area contributed by atoms with E-state index in [4.69, 9.17) is 10.2 Å². The molecule has 0 bridgehead atoms. The van der Waals surface area contributed by atoms with E-state index >= 15 is 0 Å². The molecule has 0 saturated carbocycles. The van der Waals surface area contributed by atoms with Gasteiger partial charge in [0.2, 0.25) is 0 Å². The zero-order valence-electron chi connectivity index (χ0n) is 8.59. The molecule has 0 aromatic carbocycles. The van der Waals surface area contributed by atoms with Crippen molar-refractivity contribution >= 4 is 15.9 Å². The minimum Gasteiger partial charge on any atom is -0.457 e. The van der Waals surface area contributed by atoms with Crippen molar-refractivity contribution in [2.45, 2.75) is 26.4 Å². The van der Waals surface area contributed by atoms with Crippen molar-refractivity contribution in [1.82, 2.24) is 5.32 Å². The van der Waals surface area contributed by atoms with Crippen molar-refractivity contribution in [3.05, 3.63) is 22.6 Å². The third-order valence-electron chi connectivity index (χ3n) is 2.31. The topological polar surface area (TPSA) is 51.2 Å². The second kappa shape index (κ2) is 5.53. The van der Waals surface area contributed by atoms with E-state index in [1.54, 1.807) is 6.26 Å². The summed E-state index contributed by atoms with van der Waals surface area (Å²) in [5.74, 6) is 0.547. The van der Waals surface area contributed by atoms with E-state index in [0.29, 0.717) is 18.5 Å². The highest BCUT2D eigenvalue weighted by Crippen LogP contribution is 2.17. The number of nitrogens with one attached hydrogen (secondary N) is 1. The first-order chi connectivity index (χ1) is 6.65. The Labute approximate surface area is 93.2 Å². The fourth-order valence-electron chi connectivity index (χ4n) is 1.28. The van der Waals surface area contributed by atoms with Gasteiger partial charge in [-0.05, 0) is 27.9 Å². The maximum absolute atomic E-state index is 5.65. The molecular formula is C10H17BrN2O. The molecule has 4 heteroatoms. The molecule has 0 fully saturated rings. The Hall–Kier alpha value is -0.320. The molecule has 1 heterocycles. The zero-order chi connectivity index (χ0) is 10.6. The molecule has 3 nitrogen and oxygen atoms in total. The summed E-state index contributed by atoms with van der Waals surface area (Å²) >= 11 is 3.34. The average Bonchev–Trinajstić information content (AvgIpc) is 2.52. The van der Waals surface area contributed by atoms with Gasteiger partial charge in [-0.25, -0.2) is 0 Å². The van der Waals surface area contributed by atoms with Crippen molar-refractivity contribution in [2.75, 3.05) is 6.54 Å². The highest BCUT2D eigenvalue weighted by Gasteiger charge is 2.11. The molecule has 80 valence electrons. The van der Waals surface area contributed by atoms with Crippen molar-refractivity contribution in [2.24, 2.45) is 11.7 Å². The van der Waals surface area contributed by atoms with E-state index < -0.39 is 0 Å². The number of halogens is 1. The van der Waals surface area contributed by atoms with Crippen molar-refractivity contribution in [3.63, 3.8) is 0 Å². The summed E-state index contributed by atoms with van der Waals surface area (Å²) < 4.78 is 5.93. The predicted octanol–water partition coefficient (Wildman–Crippen LogP) is 2.11. The molecule has 1 rings (SSSR count). The lowest BCUT2D eigenvalue weighted by Crippen LogP contribution is -2.39. The molecule has 0 saturated heterocycles. The quantitative estimate of drug-likeness (QED) is 0.853. The summed E-state index contributed by atoms with van der Waals surface area (Å²) in [7, 11) is 0. The van der Waals surface area contributed by atoms with E-state index in [0.717, 1.165) is 16.8 Å². The molecule has 0 spiro atoms. The number of hydrogen-bond acceptors (Lipinski definition) is 3. The molecule has 0 aliphatic rings. The van der Waals surface area contributed by atoms with Crippen molar-refractivity contribution in [1.29, 1.82) is 0 Å². The smallest absolute Gasteiger partial charge is 0.173 e. The number of nitrogens with two attached hydrogens (primary N) is 1. The highest BCUT2D eigenvalue weighted by atomic mass is 79.9. The Bertz CT molecular complexity index is 273. The van der Waals surface area contributed by atoms with E-state index in [-0.39, 0.29) is 0 Å². The SMILES string of the molecule is CC(C)C(CN)NCc1ccoc1Br. The minimum absolute atomic E-state index is 0.358. The van der Waals surface area contributed by atoms with Gasteiger partial charge >= 0.3 is 0 Å². The second-order valence-corrected chi connectivity index (χ2v) is 4.41. The summed E-state index contributed by atoms with van der Waals surface area (Å²) in [6, 6.07) is 2.31. The Morgan fingerprint density at radius 3 is 2.71 bits per heavy atom. The molecule has 0 amide bonds. The maximum atomic E-state index is 5.65.